The Hall–Kier alpha value is -0.370. The number of benzene rings is 2. The zero-order valence-corrected chi connectivity index (χ0v) is 26.3. The van der Waals surface area contributed by atoms with Crippen LogP contribution in [0, 0.1) is 5.92 Å². The Bertz CT molecular complexity index is 1180. The molecule has 0 N–H and O–H groups in total. The molecule has 0 spiro atoms. The van der Waals surface area contributed by atoms with E-state index in [4.69, 9.17) is 11.6 Å². The van der Waals surface area contributed by atoms with E-state index >= 15 is 0 Å². The molecule has 2 unspecified atom stereocenters. The first kappa shape index (κ1) is 28.9. The fraction of sp³-hybridized carbons (Fsp3) is 0.357. The normalized spacial score (nSPS) is 19.1. The summed E-state index contributed by atoms with van der Waals surface area (Å²) in [6.07, 6.45) is 1.10. The summed E-state index contributed by atoms with van der Waals surface area (Å²) in [5.74, 6) is 0.610. The fourth-order valence-corrected chi connectivity index (χ4v) is 26.9. The molecule has 0 fully saturated rings. The van der Waals surface area contributed by atoms with Gasteiger partial charge in [-0.25, -0.2) is 0 Å². The summed E-state index contributed by atoms with van der Waals surface area (Å²) in [7, 11) is 0. The minimum absolute atomic E-state index is 0. The molecule has 0 aromatic heterocycles. The zero-order chi connectivity index (χ0) is 22.4. The van der Waals surface area contributed by atoms with Crippen LogP contribution >= 0.6 is 11.6 Å². The summed E-state index contributed by atoms with van der Waals surface area (Å²) < 4.78 is 2.44. The average Bonchev–Trinajstić information content (AvgIpc) is 3.18. The molecule has 2 atom stereocenters. The predicted octanol–water partition coefficient (Wildman–Crippen LogP) is 2.74. The second-order valence-electron chi connectivity index (χ2n) is 9.24. The molecule has 0 bridgehead atoms. The molecule has 174 valence electrons. The minimum Gasteiger partial charge on any atom is -1.00 e. The summed E-state index contributed by atoms with van der Waals surface area (Å²) in [6, 6.07) is 17.6. The van der Waals surface area contributed by atoms with Crippen molar-refractivity contribution >= 4 is 22.6 Å². The maximum atomic E-state index is 7.01. The molecule has 2 aliphatic carbocycles. The van der Waals surface area contributed by atoms with Gasteiger partial charge in [-0.3, -0.25) is 0 Å². The van der Waals surface area contributed by atoms with Crippen LogP contribution in [0.2, 0.25) is 18.1 Å². The predicted molar refractivity (Wildman–Crippen MR) is 135 cm³/mol. The fourth-order valence-electron chi connectivity index (χ4n) is 5.70. The van der Waals surface area contributed by atoms with Crippen LogP contribution in [0.4, 0.5) is 0 Å². The number of fused-ring (bicyclic) bond motifs is 1. The molecular formula is C28H33Cl3SiZr. The number of allylic oxidation sites excluding steroid dienone is 5. The van der Waals surface area contributed by atoms with Crippen LogP contribution in [-0.4, -0.2) is 5.43 Å². The quantitative estimate of drug-likeness (QED) is 0.478. The van der Waals surface area contributed by atoms with E-state index in [2.05, 4.69) is 96.2 Å². The Kier molecular flexibility index (Phi) is 10.1. The Balaban J connectivity index is 0.00000193. The first-order chi connectivity index (χ1) is 14.8. The smallest absolute Gasteiger partial charge is 1.00 e. The number of hydrogen-bond donors (Lipinski definition) is 0. The van der Waals surface area contributed by atoms with Crippen molar-refractivity contribution in [1.82, 2.24) is 0 Å². The monoisotopic (exact) mass is 592 g/mol. The first-order valence-electron chi connectivity index (χ1n) is 11.4. The van der Waals surface area contributed by atoms with Crippen LogP contribution < -0.4 is 24.8 Å². The SMILES string of the molecule is CCC1=C(c2ccccc2)c2cccc(Cl)c2[CH]1[Zr+2]([C]1=C(C)C(C)=C(C)C1C)=[Si](C)C.[Cl-].[Cl-]. The van der Waals surface area contributed by atoms with Gasteiger partial charge in [-0.2, -0.15) is 0 Å². The van der Waals surface area contributed by atoms with Gasteiger partial charge in [0.1, 0.15) is 0 Å². The largest absolute Gasteiger partial charge is 1.00 e. The van der Waals surface area contributed by atoms with Gasteiger partial charge in [0, 0.05) is 0 Å². The minimum atomic E-state index is -2.08. The maximum absolute atomic E-state index is 7.01. The van der Waals surface area contributed by atoms with E-state index in [0.29, 0.717) is 9.54 Å². The molecule has 2 aliphatic rings. The van der Waals surface area contributed by atoms with E-state index in [1.54, 1.807) is 22.3 Å². The second-order valence-corrected chi connectivity index (χ2v) is 27.0. The zero-order valence-electron chi connectivity index (χ0n) is 20.6. The van der Waals surface area contributed by atoms with E-state index in [1.807, 2.05) is 3.28 Å². The molecule has 2 aromatic carbocycles. The summed E-state index contributed by atoms with van der Waals surface area (Å²) in [5.41, 5.74) is 11.6. The first-order valence-corrected chi connectivity index (χ1v) is 20.6. The van der Waals surface area contributed by atoms with E-state index in [1.165, 1.54) is 22.3 Å². The third kappa shape index (κ3) is 4.85. The molecule has 4 rings (SSSR count). The van der Waals surface area contributed by atoms with Crippen molar-refractivity contribution in [1.29, 1.82) is 0 Å². The molecule has 0 saturated carbocycles. The standard InChI is InChI=1S/C17H14Cl.C9H13.C2H6Si.2ClH.Zr/c1-2-12-11-15-14(9-6-10-16(15)18)17(12)13-7-4-3-5-8-13;1-6-5-7(2)9(4)8(6)3;1-3-2;;;/h3-11H,2H2,1H3;6H,1-4H3;1-2H3;2*1H;/q;;;;;+2/p-2. The maximum Gasteiger partial charge on any atom is -1.00 e. The van der Waals surface area contributed by atoms with Gasteiger partial charge in [0.25, 0.3) is 0 Å². The molecule has 2 aromatic rings. The van der Waals surface area contributed by atoms with Gasteiger partial charge in [0.2, 0.25) is 0 Å². The number of hydrogen-bond acceptors (Lipinski definition) is 0. The van der Waals surface area contributed by atoms with Gasteiger partial charge < -0.3 is 24.8 Å². The van der Waals surface area contributed by atoms with Crippen LogP contribution in [0.15, 0.2) is 74.1 Å². The Labute approximate surface area is 225 Å². The van der Waals surface area contributed by atoms with Crippen molar-refractivity contribution in [2.24, 2.45) is 5.92 Å². The summed E-state index contributed by atoms with van der Waals surface area (Å²) in [5, 5.41) is 0.978. The molecule has 0 nitrogen and oxygen atoms in total. The van der Waals surface area contributed by atoms with Crippen molar-refractivity contribution in [3.63, 3.8) is 0 Å². The average molecular weight is 595 g/mol. The van der Waals surface area contributed by atoms with Crippen LogP contribution in [0.5, 0.6) is 0 Å². The topological polar surface area (TPSA) is 0 Å². The van der Waals surface area contributed by atoms with Gasteiger partial charge in [-0.15, -0.1) is 0 Å². The summed E-state index contributed by atoms with van der Waals surface area (Å²) >= 11 is 4.93. The Morgan fingerprint density at radius 1 is 0.909 bits per heavy atom. The third-order valence-electron chi connectivity index (χ3n) is 7.48. The van der Waals surface area contributed by atoms with Crippen molar-refractivity contribution < 1.29 is 45.2 Å². The number of halogens is 3. The van der Waals surface area contributed by atoms with Crippen LogP contribution in [0.1, 0.15) is 61.4 Å². The molecule has 33 heavy (non-hydrogen) atoms. The van der Waals surface area contributed by atoms with Crippen molar-refractivity contribution in [2.45, 2.75) is 57.8 Å². The molecule has 5 heteroatoms. The van der Waals surface area contributed by atoms with E-state index in [0.717, 1.165) is 11.4 Å². The Morgan fingerprint density at radius 3 is 2.06 bits per heavy atom. The van der Waals surface area contributed by atoms with Gasteiger partial charge >= 0.3 is 202 Å². The molecule has 0 aliphatic heterocycles. The van der Waals surface area contributed by atoms with Crippen molar-refractivity contribution in [3.8, 4) is 0 Å². The Morgan fingerprint density at radius 2 is 1.55 bits per heavy atom. The summed E-state index contributed by atoms with van der Waals surface area (Å²) in [4.78, 5) is 0. The van der Waals surface area contributed by atoms with Crippen LogP contribution in [0.3, 0.4) is 0 Å². The van der Waals surface area contributed by atoms with Gasteiger partial charge in [-0.05, 0) is 0 Å². The van der Waals surface area contributed by atoms with E-state index < -0.39 is 25.8 Å². The summed E-state index contributed by atoms with van der Waals surface area (Å²) in [6.45, 7) is 17.1. The molecular weight excluding hydrogens is 562 g/mol. The van der Waals surface area contributed by atoms with Crippen LogP contribution in [-0.2, 0) is 20.4 Å². The van der Waals surface area contributed by atoms with Gasteiger partial charge in [0.15, 0.2) is 0 Å². The number of rotatable bonds is 4. The second kappa shape index (κ2) is 11.6. The van der Waals surface area contributed by atoms with Gasteiger partial charge in [0.05, 0.1) is 0 Å². The van der Waals surface area contributed by atoms with Crippen molar-refractivity contribution in [2.75, 3.05) is 0 Å². The van der Waals surface area contributed by atoms with Gasteiger partial charge in [-0.1, -0.05) is 0 Å². The van der Waals surface area contributed by atoms with Crippen LogP contribution in [0.25, 0.3) is 5.57 Å². The molecule has 0 heterocycles. The molecule has 0 saturated heterocycles. The van der Waals surface area contributed by atoms with Crippen molar-refractivity contribution in [3.05, 3.63) is 95.8 Å². The van der Waals surface area contributed by atoms with E-state index in [-0.39, 0.29) is 24.8 Å². The van der Waals surface area contributed by atoms with E-state index in [9.17, 15) is 0 Å². The molecule has 0 amide bonds. The third-order valence-corrected chi connectivity index (χ3v) is 26.5. The molecule has 0 radical (unpaired) electrons.